The number of pyridine rings is 1. The summed E-state index contributed by atoms with van der Waals surface area (Å²) in [6, 6.07) is 18.6. The van der Waals surface area contributed by atoms with Gasteiger partial charge in [-0.1, -0.05) is 36.4 Å². The molecule has 1 heterocycles. The van der Waals surface area contributed by atoms with Crippen molar-refractivity contribution in [2.45, 2.75) is 19.6 Å². The maximum atomic E-state index is 12.7. The van der Waals surface area contributed by atoms with Crippen molar-refractivity contribution >= 4 is 21.8 Å². The van der Waals surface area contributed by atoms with Gasteiger partial charge >= 0.3 is 0 Å². The van der Waals surface area contributed by atoms with Gasteiger partial charge in [-0.2, -0.15) is 0 Å². The van der Waals surface area contributed by atoms with E-state index in [1.165, 1.54) is 0 Å². The van der Waals surface area contributed by atoms with Crippen molar-refractivity contribution in [1.29, 1.82) is 0 Å². The first-order valence-electron chi connectivity index (χ1n) is 8.84. The molecule has 0 aliphatic rings. The molecule has 1 atom stereocenters. The molecular weight excluding hydrogens is 420 g/mol. The van der Waals surface area contributed by atoms with E-state index < -0.39 is 0 Å². The lowest BCUT2D eigenvalue weighted by atomic mass is 10.1. The van der Waals surface area contributed by atoms with Crippen LogP contribution < -0.4 is 14.8 Å². The monoisotopic (exact) mass is 440 g/mol. The zero-order chi connectivity index (χ0) is 19.9. The Balaban J connectivity index is 1.75. The normalized spacial score (nSPS) is 11.5. The second-order valence-corrected chi connectivity index (χ2v) is 7.07. The molecule has 3 aromatic rings. The van der Waals surface area contributed by atoms with E-state index in [1.54, 1.807) is 25.4 Å². The Morgan fingerprint density at radius 1 is 1.14 bits per heavy atom. The van der Waals surface area contributed by atoms with Crippen molar-refractivity contribution in [2.75, 3.05) is 7.11 Å². The van der Waals surface area contributed by atoms with Crippen LogP contribution in [0.25, 0.3) is 0 Å². The van der Waals surface area contributed by atoms with E-state index in [0.717, 1.165) is 11.3 Å². The highest BCUT2D eigenvalue weighted by molar-refractivity contribution is 9.10. The summed E-state index contributed by atoms with van der Waals surface area (Å²) >= 11 is 3.49. The van der Waals surface area contributed by atoms with E-state index in [-0.39, 0.29) is 11.9 Å². The molecule has 0 bridgehead atoms. The van der Waals surface area contributed by atoms with E-state index in [2.05, 4.69) is 26.2 Å². The Labute approximate surface area is 172 Å². The van der Waals surface area contributed by atoms with Gasteiger partial charge in [0.1, 0.15) is 6.61 Å². The van der Waals surface area contributed by atoms with Crippen LogP contribution in [-0.2, 0) is 6.61 Å². The van der Waals surface area contributed by atoms with Crippen molar-refractivity contribution in [3.05, 3.63) is 88.2 Å². The first-order valence-corrected chi connectivity index (χ1v) is 9.64. The minimum atomic E-state index is -0.216. The maximum absolute atomic E-state index is 12.7. The SMILES string of the molecule is COc1cc(C(=O)N[C@@H](C)c2ccccn2)cc(Br)c1OCc1ccccc1. The van der Waals surface area contributed by atoms with E-state index in [4.69, 9.17) is 9.47 Å². The highest BCUT2D eigenvalue weighted by Gasteiger charge is 2.18. The summed E-state index contributed by atoms with van der Waals surface area (Å²) in [6.07, 6.45) is 1.70. The lowest BCUT2D eigenvalue weighted by molar-refractivity contribution is 0.0938. The van der Waals surface area contributed by atoms with Crippen molar-refractivity contribution in [3.63, 3.8) is 0 Å². The van der Waals surface area contributed by atoms with E-state index in [9.17, 15) is 4.79 Å². The van der Waals surface area contributed by atoms with Gasteiger partial charge in [0, 0.05) is 11.8 Å². The second kappa shape index (κ2) is 9.37. The Bertz CT molecular complexity index is 933. The number of nitrogens with zero attached hydrogens (tertiary/aromatic N) is 1. The van der Waals surface area contributed by atoms with Crippen LogP contribution in [-0.4, -0.2) is 18.0 Å². The van der Waals surface area contributed by atoms with Gasteiger partial charge in [-0.15, -0.1) is 0 Å². The first kappa shape index (κ1) is 19.9. The molecule has 5 nitrogen and oxygen atoms in total. The quantitative estimate of drug-likeness (QED) is 0.565. The summed E-state index contributed by atoms with van der Waals surface area (Å²) < 4.78 is 12.0. The Kier molecular flexibility index (Phi) is 6.66. The number of hydrogen-bond acceptors (Lipinski definition) is 4. The lowest BCUT2D eigenvalue weighted by Gasteiger charge is -2.16. The fourth-order valence-electron chi connectivity index (χ4n) is 2.71. The largest absolute Gasteiger partial charge is 0.493 e. The summed E-state index contributed by atoms with van der Waals surface area (Å²) in [5, 5.41) is 2.95. The predicted molar refractivity (Wildman–Crippen MR) is 112 cm³/mol. The Morgan fingerprint density at radius 2 is 1.89 bits per heavy atom. The molecule has 6 heteroatoms. The van der Waals surface area contributed by atoms with Gasteiger partial charge in [0.2, 0.25) is 0 Å². The van der Waals surface area contributed by atoms with Gasteiger partial charge in [-0.05, 0) is 52.7 Å². The molecule has 1 N–H and O–H groups in total. The van der Waals surface area contributed by atoms with E-state index in [1.807, 2.05) is 55.5 Å². The molecule has 1 amide bonds. The number of aromatic nitrogens is 1. The topological polar surface area (TPSA) is 60.5 Å². The van der Waals surface area contributed by atoms with Gasteiger partial charge in [-0.3, -0.25) is 9.78 Å². The average molecular weight is 441 g/mol. The number of halogens is 1. The minimum absolute atomic E-state index is 0.215. The number of nitrogens with one attached hydrogen (secondary N) is 1. The number of ether oxygens (including phenoxy) is 2. The summed E-state index contributed by atoms with van der Waals surface area (Å²) in [7, 11) is 1.55. The number of rotatable bonds is 7. The van der Waals surface area contributed by atoms with Gasteiger partial charge in [0.15, 0.2) is 11.5 Å². The molecule has 0 saturated carbocycles. The summed E-state index contributed by atoms with van der Waals surface area (Å²) in [5.41, 5.74) is 2.31. The highest BCUT2D eigenvalue weighted by Crippen LogP contribution is 2.37. The van der Waals surface area contributed by atoms with Crippen LogP contribution in [0.3, 0.4) is 0 Å². The van der Waals surface area contributed by atoms with Crippen molar-refractivity contribution in [3.8, 4) is 11.5 Å². The van der Waals surface area contributed by atoms with Crippen LogP contribution in [0, 0.1) is 0 Å². The highest BCUT2D eigenvalue weighted by atomic mass is 79.9. The molecule has 28 heavy (non-hydrogen) atoms. The maximum Gasteiger partial charge on any atom is 0.251 e. The summed E-state index contributed by atoms with van der Waals surface area (Å²) in [4.78, 5) is 17.0. The van der Waals surface area contributed by atoms with E-state index >= 15 is 0 Å². The number of carbonyl (C=O) groups is 1. The number of carbonyl (C=O) groups excluding carboxylic acids is 1. The average Bonchev–Trinajstić information content (AvgIpc) is 2.73. The number of hydrogen-bond donors (Lipinski definition) is 1. The zero-order valence-corrected chi connectivity index (χ0v) is 17.3. The van der Waals surface area contributed by atoms with Crippen LogP contribution in [0.4, 0.5) is 0 Å². The fourth-order valence-corrected chi connectivity index (χ4v) is 3.26. The van der Waals surface area contributed by atoms with Crippen LogP contribution in [0.15, 0.2) is 71.3 Å². The number of amides is 1. The summed E-state index contributed by atoms with van der Waals surface area (Å²) in [5.74, 6) is 0.827. The molecular formula is C22H21BrN2O3. The lowest BCUT2D eigenvalue weighted by Crippen LogP contribution is -2.27. The molecule has 0 unspecified atom stereocenters. The van der Waals surface area contributed by atoms with Crippen LogP contribution in [0.2, 0.25) is 0 Å². The zero-order valence-electron chi connectivity index (χ0n) is 15.7. The molecule has 144 valence electrons. The minimum Gasteiger partial charge on any atom is -0.493 e. The van der Waals surface area contributed by atoms with Crippen molar-refractivity contribution < 1.29 is 14.3 Å². The molecule has 0 spiro atoms. The molecule has 0 aliphatic carbocycles. The molecule has 0 fully saturated rings. The van der Waals surface area contributed by atoms with Crippen molar-refractivity contribution in [2.24, 2.45) is 0 Å². The summed E-state index contributed by atoms with van der Waals surface area (Å²) in [6.45, 7) is 2.29. The van der Waals surface area contributed by atoms with Gasteiger partial charge in [-0.25, -0.2) is 0 Å². The third-order valence-corrected chi connectivity index (χ3v) is 4.79. The first-order chi connectivity index (χ1) is 13.6. The van der Waals surface area contributed by atoms with Crippen molar-refractivity contribution in [1.82, 2.24) is 10.3 Å². The standard InChI is InChI=1S/C22H21BrN2O3/c1-15(19-10-6-7-11-24-19)25-22(26)17-12-18(23)21(20(13-17)27-2)28-14-16-8-4-3-5-9-16/h3-13,15H,14H2,1-2H3,(H,25,26)/t15-/m0/s1. The molecule has 0 saturated heterocycles. The Hall–Kier alpha value is -2.86. The molecule has 0 radical (unpaired) electrons. The molecule has 1 aromatic heterocycles. The molecule has 3 rings (SSSR count). The molecule has 0 aliphatic heterocycles. The third-order valence-electron chi connectivity index (χ3n) is 4.20. The molecule has 2 aromatic carbocycles. The Morgan fingerprint density at radius 3 is 2.57 bits per heavy atom. The second-order valence-electron chi connectivity index (χ2n) is 6.21. The fraction of sp³-hybridized carbons (Fsp3) is 0.182. The smallest absolute Gasteiger partial charge is 0.251 e. The van der Waals surface area contributed by atoms with Crippen LogP contribution in [0.1, 0.15) is 34.6 Å². The van der Waals surface area contributed by atoms with Gasteiger partial charge < -0.3 is 14.8 Å². The third kappa shape index (κ3) is 4.89. The predicted octanol–water partition coefficient (Wildman–Crippen LogP) is 4.92. The van der Waals surface area contributed by atoms with Crippen LogP contribution >= 0.6 is 15.9 Å². The van der Waals surface area contributed by atoms with Gasteiger partial charge in [0.05, 0.1) is 23.3 Å². The number of benzene rings is 2. The van der Waals surface area contributed by atoms with Gasteiger partial charge in [0.25, 0.3) is 5.91 Å². The number of methoxy groups -OCH3 is 1. The van der Waals surface area contributed by atoms with Crippen LogP contribution in [0.5, 0.6) is 11.5 Å². The van der Waals surface area contributed by atoms with E-state index in [0.29, 0.717) is 28.1 Å².